The number of hydrogen-bond donors (Lipinski definition) is 1. The largest absolute Gasteiger partial charge is 0.494 e. The van der Waals surface area contributed by atoms with E-state index in [0.29, 0.717) is 35.6 Å². The lowest BCUT2D eigenvalue weighted by Gasteiger charge is -2.33. The van der Waals surface area contributed by atoms with Gasteiger partial charge in [-0.05, 0) is 46.5 Å². The Morgan fingerprint density at radius 1 is 1.05 bits per heavy atom. The molecule has 41 heavy (non-hydrogen) atoms. The number of aliphatic hydroxyl groups is 1. The van der Waals surface area contributed by atoms with Crippen LogP contribution in [-0.2, 0) is 22.5 Å². The lowest BCUT2D eigenvalue weighted by atomic mass is 9.80. The van der Waals surface area contributed by atoms with Crippen molar-refractivity contribution >= 4 is 17.5 Å². The molecule has 12 nitrogen and oxygen atoms in total. The Kier molecular flexibility index (Phi) is 9.44. The fourth-order valence-electron chi connectivity index (χ4n) is 4.76. The molecule has 0 spiro atoms. The number of hydrogen-bond acceptors (Lipinski definition) is 7. The predicted octanol–water partition coefficient (Wildman–Crippen LogP) is 5.79. The molecule has 0 fully saturated rings. The quantitative estimate of drug-likeness (QED) is 0.129. The van der Waals surface area contributed by atoms with Crippen LogP contribution in [0.2, 0.25) is 0 Å². The van der Waals surface area contributed by atoms with Gasteiger partial charge in [-0.1, -0.05) is 58.8 Å². The summed E-state index contributed by atoms with van der Waals surface area (Å²) in [7, 11) is 3.30. The van der Waals surface area contributed by atoms with Crippen LogP contribution in [0.5, 0.6) is 5.75 Å². The molecule has 1 heterocycles. The number of ether oxygens (including phenoxy) is 2. The summed E-state index contributed by atoms with van der Waals surface area (Å²) in [6.07, 6.45) is -0.301. The van der Waals surface area contributed by atoms with Crippen LogP contribution in [0, 0.1) is 0 Å². The summed E-state index contributed by atoms with van der Waals surface area (Å²) in [5, 5.41) is 16.6. The second-order valence-electron chi connectivity index (χ2n) is 9.57. The van der Waals surface area contributed by atoms with Gasteiger partial charge >= 0.3 is 0 Å². The fourth-order valence-corrected chi connectivity index (χ4v) is 4.76. The van der Waals surface area contributed by atoms with Crippen molar-refractivity contribution in [2.45, 2.75) is 31.0 Å². The second-order valence-corrected chi connectivity index (χ2v) is 9.57. The topological polar surface area (TPSA) is 169 Å². The molecule has 0 unspecified atom stereocenters. The van der Waals surface area contributed by atoms with E-state index in [2.05, 4.69) is 20.1 Å². The van der Waals surface area contributed by atoms with E-state index in [-0.39, 0.29) is 31.4 Å². The smallest absolute Gasteiger partial charge is 0.254 e. The Morgan fingerprint density at radius 3 is 2.44 bits per heavy atom. The first-order valence-electron chi connectivity index (χ1n) is 13.0. The first-order chi connectivity index (χ1) is 19.9. The summed E-state index contributed by atoms with van der Waals surface area (Å²) in [6.45, 7) is 0.519. The third-order valence-corrected chi connectivity index (χ3v) is 6.67. The maximum atomic E-state index is 14.1. The van der Waals surface area contributed by atoms with Crippen LogP contribution in [-0.4, -0.2) is 54.7 Å². The Bertz CT molecular complexity index is 1510. The number of rotatable bonds is 12. The van der Waals surface area contributed by atoms with Gasteiger partial charge in [0, 0.05) is 60.2 Å². The van der Waals surface area contributed by atoms with E-state index in [0.717, 1.165) is 11.1 Å². The molecule has 0 bridgehead atoms. The van der Waals surface area contributed by atoms with Crippen molar-refractivity contribution in [1.29, 1.82) is 0 Å². The van der Waals surface area contributed by atoms with Crippen molar-refractivity contribution in [3.8, 4) is 5.75 Å². The predicted molar refractivity (Wildman–Crippen MR) is 154 cm³/mol. The lowest BCUT2D eigenvalue weighted by Crippen LogP contribution is -2.49. The van der Waals surface area contributed by atoms with Gasteiger partial charge in [-0.2, -0.15) is 0 Å². The van der Waals surface area contributed by atoms with Crippen molar-refractivity contribution in [1.82, 2.24) is 4.90 Å². The standard InChI is InChI=1S/C29H30N8O4/c1-37(2)28(39)29(18-21-8-3-4-9-22(21)19-32-35-30)26(24-10-5-6-11-25(24)34-36-31)41-27(33-29)20-12-14-23(15-13-20)40-17-7-16-38/h3-6,8-15,26,38H,7,16-19H2,1-2H3/t26-,29-/m1/s1. The van der Waals surface area contributed by atoms with Crippen LogP contribution < -0.4 is 4.74 Å². The Morgan fingerprint density at radius 2 is 1.76 bits per heavy atom. The minimum Gasteiger partial charge on any atom is -0.494 e. The normalized spacial score (nSPS) is 17.4. The van der Waals surface area contributed by atoms with E-state index in [1.165, 1.54) is 4.90 Å². The molecule has 12 heteroatoms. The molecule has 4 rings (SSSR count). The minimum absolute atomic E-state index is 0.0371. The number of nitrogens with zero attached hydrogens (tertiary/aromatic N) is 8. The lowest BCUT2D eigenvalue weighted by molar-refractivity contribution is -0.137. The van der Waals surface area contributed by atoms with E-state index < -0.39 is 11.6 Å². The summed E-state index contributed by atoms with van der Waals surface area (Å²) in [5.41, 5.74) is 19.7. The van der Waals surface area contributed by atoms with Crippen LogP contribution >= 0.6 is 0 Å². The van der Waals surface area contributed by atoms with Crippen molar-refractivity contribution in [2.75, 3.05) is 27.3 Å². The molecule has 0 saturated heterocycles. The Labute approximate surface area is 237 Å². The first kappa shape index (κ1) is 29.0. The molecule has 0 aliphatic carbocycles. The van der Waals surface area contributed by atoms with E-state index >= 15 is 0 Å². The van der Waals surface area contributed by atoms with Crippen LogP contribution in [0.1, 0.15) is 34.8 Å². The van der Waals surface area contributed by atoms with Gasteiger partial charge in [-0.3, -0.25) is 4.79 Å². The van der Waals surface area contributed by atoms with Gasteiger partial charge in [0.15, 0.2) is 11.6 Å². The zero-order valence-electron chi connectivity index (χ0n) is 22.8. The fraction of sp³-hybridized carbons (Fsp3) is 0.310. The van der Waals surface area contributed by atoms with Gasteiger partial charge in [0.05, 0.1) is 13.2 Å². The summed E-state index contributed by atoms with van der Waals surface area (Å²) in [5.74, 6) is 0.555. The number of benzene rings is 3. The van der Waals surface area contributed by atoms with Crippen LogP contribution in [0.25, 0.3) is 20.9 Å². The summed E-state index contributed by atoms with van der Waals surface area (Å²) in [6, 6.07) is 21.5. The van der Waals surface area contributed by atoms with Gasteiger partial charge in [0.1, 0.15) is 5.75 Å². The van der Waals surface area contributed by atoms with E-state index in [1.54, 1.807) is 62.6 Å². The molecular formula is C29H30N8O4. The number of azide groups is 2. The zero-order valence-corrected chi connectivity index (χ0v) is 22.8. The second kappa shape index (κ2) is 13.4. The molecule has 1 N–H and O–H groups in total. The average Bonchev–Trinajstić information content (AvgIpc) is 3.37. The third kappa shape index (κ3) is 6.42. The molecule has 1 aliphatic rings. The molecule has 1 aliphatic heterocycles. The molecule has 3 aromatic carbocycles. The number of aliphatic imine (C=N–C) groups is 1. The van der Waals surface area contributed by atoms with Crippen molar-refractivity contribution in [3.63, 3.8) is 0 Å². The van der Waals surface area contributed by atoms with Gasteiger partial charge in [-0.15, -0.1) is 0 Å². The van der Waals surface area contributed by atoms with Gasteiger partial charge in [0.25, 0.3) is 5.91 Å². The number of carbonyl (C=O) groups is 1. The van der Waals surface area contributed by atoms with Crippen LogP contribution in [0.4, 0.5) is 5.69 Å². The molecule has 3 aromatic rings. The molecule has 1 amide bonds. The summed E-state index contributed by atoms with van der Waals surface area (Å²) < 4.78 is 12.2. The van der Waals surface area contributed by atoms with Crippen LogP contribution in [0.15, 0.2) is 88.0 Å². The number of amides is 1. The third-order valence-electron chi connectivity index (χ3n) is 6.67. The van der Waals surface area contributed by atoms with Crippen molar-refractivity contribution < 1.29 is 19.4 Å². The molecule has 0 aromatic heterocycles. The SMILES string of the molecule is CN(C)C(=O)[C@]1(Cc2ccccc2CN=[N+]=[N-])N=C(c2ccc(OCCCO)cc2)O[C@@H]1c1ccccc1N=[N+]=[N-]. The molecule has 2 atom stereocenters. The Hall–Kier alpha value is -5.02. The van der Waals surface area contributed by atoms with Gasteiger partial charge in [-0.25, -0.2) is 4.99 Å². The molecule has 210 valence electrons. The Balaban J connectivity index is 1.87. The number of aliphatic hydroxyl groups excluding tert-OH is 1. The minimum atomic E-state index is -1.48. The highest BCUT2D eigenvalue weighted by atomic mass is 16.5. The van der Waals surface area contributed by atoms with E-state index in [1.807, 2.05) is 24.3 Å². The van der Waals surface area contributed by atoms with Gasteiger partial charge in [0.2, 0.25) is 5.90 Å². The van der Waals surface area contributed by atoms with Crippen LogP contribution in [0.3, 0.4) is 0 Å². The molecule has 0 saturated carbocycles. The highest BCUT2D eigenvalue weighted by Crippen LogP contribution is 2.46. The van der Waals surface area contributed by atoms with Gasteiger partial charge < -0.3 is 19.5 Å². The van der Waals surface area contributed by atoms with Crippen molar-refractivity contribution in [2.24, 2.45) is 15.2 Å². The van der Waals surface area contributed by atoms with Crippen molar-refractivity contribution in [3.05, 3.63) is 116 Å². The number of likely N-dealkylation sites (N-methyl/N-ethyl adjacent to an activating group) is 1. The summed E-state index contributed by atoms with van der Waals surface area (Å²) in [4.78, 5) is 26.5. The highest BCUT2D eigenvalue weighted by molar-refractivity contribution is 6.01. The van der Waals surface area contributed by atoms with E-state index in [4.69, 9.17) is 25.1 Å². The first-order valence-corrected chi connectivity index (χ1v) is 13.0. The highest BCUT2D eigenvalue weighted by Gasteiger charge is 2.54. The maximum Gasteiger partial charge on any atom is 0.254 e. The molecular weight excluding hydrogens is 524 g/mol. The van der Waals surface area contributed by atoms with E-state index in [9.17, 15) is 10.3 Å². The zero-order chi connectivity index (χ0) is 29.2. The maximum absolute atomic E-state index is 14.1. The summed E-state index contributed by atoms with van der Waals surface area (Å²) >= 11 is 0. The number of carbonyl (C=O) groups excluding carboxylic acids is 1. The molecule has 0 radical (unpaired) electrons. The average molecular weight is 555 g/mol. The monoisotopic (exact) mass is 554 g/mol.